The molecular formula is C17H27NO3. The Labute approximate surface area is 127 Å². The van der Waals surface area contributed by atoms with Crippen molar-refractivity contribution in [3.05, 3.63) is 23.8 Å². The molecule has 21 heavy (non-hydrogen) atoms. The quantitative estimate of drug-likeness (QED) is 0.756. The molecule has 0 radical (unpaired) electrons. The molecule has 0 fully saturated rings. The zero-order valence-electron chi connectivity index (χ0n) is 13.6. The Morgan fingerprint density at radius 2 is 1.90 bits per heavy atom. The van der Waals surface area contributed by atoms with E-state index in [1.807, 2.05) is 0 Å². The first-order valence-corrected chi connectivity index (χ1v) is 7.66. The lowest BCUT2D eigenvalue weighted by atomic mass is 9.99. The Morgan fingerprint density at radius 3 is 2.48 bits per heavy atom. The molecule has 1 rings (SSSR count). The molecule has 0 aromatic heterocycles. The molecule has 1 N–H and O–H groups in total. The average Bonchev–Trinajstić information content (AvgIpc) is 2.54. The van der Waals surface area contributed by atoms with Gasteiger partial charge in [-0.1, -0.05) is 33.1 Å². The summed E-state index contributed by atoms with van der Waals surface area (Å²) in [6.07, 6.45) is 4.66. The van der Waals surface area contributed by atoms with Crippen molar-refractivity contribution in [2.24, 2.45) is 5.92 Å². The monoisotopic (exact) mass is 293 g/mol. The SMILES string of the molecule is CCCCC(CC)CNC(=O)c1ccc(OC)c(OC)c1. The summed E-state index contributed by atoms with van der Waals surface area (Å²) in [6.45, 7) is 5.08. The Morgan fingerprint density at radius 1 is 1.19 bits per heavy atom. The number of methoxy groups -OCH3 is 2. The fraction of sp³-hybridized carbons (Fsp3) is 0.588. The van der Waals surface area contributed by atoms with Gasteiger partial charge in [0.15, 0.2) is 11.5 Å². The number of hydrogen-bond acceptors (Lipinski definition) is 3. The van der Waals surface area contributed by atoms with Gasteiger partial charge in [0, 0.05) is 12.1 Å². The molecule has 0 saturated heterocycles. The fourth-order valence-corrected chi connectivity index (χ4v) is 2.26. The van der Waals surface area contributed by atoms with Gasteiger partial charge < -0.3 is 14.8 Å². The maximum atomic E-state index is 12.2. The van der Waals surface area contributed by atoms with Crippen molar-refractivity contribution in [3.8, 4) is 11.5 Å². The minimum atomic E-state index is -0.0640. The van der Waals surface area contributed by atoms with Crippen molar-refractivity contribution in [2.75, 3.05) is 20.8 Å². The van der Waals surface area contributed by atoms with Crippen molar-refractivity contribution >= 4 is 5.91 Å². The molecule has 0 aliphatic rings. The smallest absolute Gasteiger partial charge is 0.251 e. The standard InChI is InChI=1S/C17H27NO3/c1-5-7-8-13(6-2)12-18-17(19)14-9-10-15(20-3)16(11-14)21-4/h9-11,13H,5-8,12H2,1-4H3,(H,18,19). The van der Waals surface area contributed by atoms with Crippen LogP contribution >= 0.6 is 0 Å². The van der Waals surface area contributed by atoms with Gasteiger partial charge in [0.2, 0.25) is 0 Å². The zero-order valence-corrected chi connectivity index (χ0v) is 13.6. The number of unbranched alkanes of at least 4 members (excludes halogenated alkanes) is 1. The van der Waals surface area contributed by atoms with Crippen LogP contribution in [0.1, 0.15) is 49.9 Å². The molecular weight excluding hydrogens is 266 g/mol. The predicted molar refractivity (Wildman–Crippen MR) is 85.2 cm³/mol. The Kier molecular flexibility index (Phi) is 7.65. The molecule has 0 spiro atoms. The van der Waals surface area contributed by atoms with Crippen LogP contribution in [0, 0.1) is 5.92 Å². The molecule has 118 valence electrons. The first-order chi connectivity index (χ1) is 10.2. The van der Waals surface area contributed by atoms with Crippen LogP contribution in [-0.4, -0.2) is 26.7 Å². The summed E-state index contributed by atoms with van der Waals surface area (Å²) < 4.78 is 10.4. The van der Waals surface area contributed by atoms with E-state index in [-0.39, 0.29) is 5.91 Å². The number of rotatable bonds is 9. The van der Waals surface area contributed by atoms with Gasteiger partial charge in [0.05, 0.1) is 14.2 Å². The maximum Gasteiger partial charge on any atom is 0.251 e. The van der Waals surface area contributed by atoms with E-state index < -0.39 is 0 Å². The predicted octanol–water partition coefficient (Wildman–Crippen LogP) is 3.65. The lowest BCUT2D eigenvalue weighted by Crippen LogP contribution is -2.29. The highest BCUT2D eigenvalue weighted by Gasteiger charge is 2.12. The highest BCUT2D eigenvalue weighted by Crippen LogP contribution is 2.27. The van der Waals surface area contributed by atoms with E-state index in [4.69, 9.17) is 9.47 Å². The number of carbonyl (C=O) groups excluding carboxylic acids is 1. The minimum absolute atomic E-state index is 0.0640. The molecule has 0 aliphatic carbocycles. The van der Waals surface area contributed by atoms with Gasteiger partial charge in [0.25, 0.3) is 5.91 Å². The number of benzene rings is 1. The van der Waals surface area contributed by atoms with Crippen LogP contribution in [0.15, 0.2) is 18.2 Å². The Balaban J connectivity index is 2.62. The van der Waals surface area contributed by atoms with Crippen LogP contribution in [-0.2, 0) is 0 Å². The average molecular weight is 293 g/mol. The second-order valence-electron chi connectivity index (χ2n) is 5.20. The van der Waals surface area contributed by atoms with Crippen LogP contribution in [0.3, 0.4) is 0 Å². The molecule has 1 unspecified atom stereocenters. The van der Waals surface area contributed by atoms with E-state index in [0.29, 0.717) is 23.0 Å². The third-order valence-electron chi connectivity index (χ3n) is 3.74. The summed E-state index contributed by atoms with van der Waals surface area (Å²) in [6, 6.07) is 5.22. The Bertz CT molecular complexity index is 446. The van der Waals surface area contributed by atoms with E-state index in [1.165, 1.54) is 19.3 Å². The van der Waals surface area contributed by atoms with Gasteiger partial charge in [-0.25, -0.2) is 0 Å². The number of hydrogen-bond donors (Lipinski definition) is 1. The maximum absolute atomic E-state index is 12.2. The molecule has 0 bridgehead atoms. The summed E-state index contributed by atoms with van der Waals surface area (Å²) in [5.74, 6) is 1.69. The van der Waals surface area contributed by atoms with E-state index in [0.717, 1.165) is 13.0 Å². The molecule has 0 aliphatic heterocycles. The molecule has 4 heteroatoms. The summed E-state index contributed by atoms with van der Waals surface area (Å²) in [5.41, 5.74) is 0.595. The number of ether oxygens (including phenoxy) is 2. The first kappa shape index (κ1) is 17.3. The van der Waals surface area contributed by atoms with Gasteiger partial charge in [-0.05, 0) is 30.5 Å². The lowest BCUT2D eigenvalue weighted by molar-refractivity contribution is 0.0945. The Hall–Kier alpha value is -1.71. The molecule has 0 saturated carbocycles. The van der Waals surface area contributed by atoms with E-state index in [9.17, 15) is 4.79 Å². The van der Waals surface area contributed by atoms with Crippen molar-refractivity contribution in [2.45, 2.75) is 39.5 Å². The summed E-state index contributed by atoms with van der Waals surface area (Å²) in [7, 11) is 3.15. The molecule has 1 aromatic carbocycles. The van der Waals surface area contributed by atoms with Crippen molar-refractivity contribution in [1.82, 2.24) is 5.32 Å². The normalized spacial score (nSPS) is 11.8. The second-order valence-corrected chi connectivity index (χ2v) is 5.20. The lowest BCUT2D eigenvalue weighted by Gasteiger charge is -2.15. The molecule has 1 atom stereocenters. The van der Waals surface area contributed by atoms with Gasteiger partial charge in [-0.15, -0.1) is 0 Å². The van der Waals surface area contributed by atoms with Crippen LogP contribution in [0.2, 0.25) is 0 Å². The van der Waals surface area contributed by atoms with Crippen LogP contribution in [0.25, 0.3) is 0 Å². The molecule has 4 nitrogen and oxygen atoms in total. The molecule has 1 aromatic rings. The number of carbonyl (C=O) groups is 1. The molecule has 0 heterocycles. The second kappa shape index (κ2) is 9.27. The van der Waals surface area contributed by atoms with Crippen molar-refractivity contribution in [1.29, 1.82) is 0 Å². The van der Waals surface area contributed by atoms with Gasteiger partial charge in [-0.2, -0.15) is 0 Å². The van der Waals surface area contributed by atoms with Gasteiger partial charge in [0.1, 0.15) is 0 Å². The third-order valence-corrected chi connectivity index (χ3v) is 3.74. The molecule has 1 amide bonds. The zero-order chi connectivity index (χ0) is 15.7. The largest absolute Gasteiger partial charge is 0.493 e. The summed E-state index contributed by atoms with van der Waals surface area (Å²) >= 11 is 0. The minimum Gasteiger partial charge on any atom is -0.493 e. The third kappa shape index (κ3) is 5.29. The number of nitrogens with one attached hydrogen (secondary N) is 1. The number of amides is 1. The highest BCUT2D eigenvalue weighted by atomic mass is 16.5. The summed E-state index contributed by atoms with van der Waals surface area (Å²) in [4.78, 5) is 12.2. The first-order valence-electron chi connectivity index (χ1n) is 7.66. The van der Waals surface area contributed by atoms with Crippen LogP contribution in [0.4, 0.5) is 0 Å². The fourth-order valence-electron chi connectivity index (χ4n) is 2.26. The van der Waals surface area contributed by atoms with E-state index >= 15 is 0 Å². The van der Waals surface area contributed by atoms with Crippen LogP contribution < -0.4 is 14.8 Å². The van der Waals surface area contributed by atoms with Crippen LogP contribution in [0.5, 0.6) is 11.5 Å². The summed E-state index contributed by atoms with van der Waals surface area (Å²) in [5, 5.41) is 3.01. The highest BCUT2D eigenvalue weighted by molar-refractivity contribution is 5.94. The topological polar surface area (TPSA) is 47.6 Å². The van der Waals surface area contributed by atoms with Gasteiger partial charge in [-0.3, -0.25) is 4.79 Å². The van der Waals surface area contributed by atoms with E-state index in [2.05, 4.69) is 19.2 Å². The van der Waals surface area contributed by atoms with Crippen molar-refractivity contribution < 1.29 is 14.3 Å². The van der Waals surface area contributed by atoms with E-state index in [1.54, 1.807) is 32.4 Å². The van der Waals surface area contributed by atoms with Crippen molar-refractivity contribution in [3.63, 3.8) is 0 Å². The van der Waals surface area contributed by atoms with Gasteiger partial charge >= 0.3 is 0 Å².